The predicted octanol–water partition coefficient (Wildman–Crippen LogP) is 4.62. The Bertz CT molecular complexity index is 970. The van der Waals surface area contributed by atoms with Crippen LogP contribution in [0.4, 0.5) is 0 Å². The van der Waals surface area contributed by atoms with Crippen LogP contribution in [-0.4, -0.2) is 56.6 Å². The van der Waals surface area contributed by atoms with Crippen molar-refractivity contribution in [3.05, 3.63) is 42.5 Å². The van der Waals surface area contributed by atoms with E-state index in [-0.39, 0.29) is 6.10 Å². The number of epoxide rings is 1. The number of aromatic hydroxyl groups is 1. The lowest BCUT2D eigenvalue weighted by Gasteiger charge is -2.15. The van der Waals surface area contributed by atoms with E-state index in [1.54, 1.807) is 11.8 Å². The largest absolute Gasteiger partial charge is 0.507 e. The first kappa shape index (κ1) is 20.3. The van der Waals surface area contributed by atoms with Gasteiger partial charge in [0.1, 0.15) is 24.2 Å². The Hall–Kier alpha value is -1.99. The monoisotopic (exact) mass is 414 g/mol. The Morgan fingerprint density at radius 2 is 1.69 bits per heavy atom. The van der Waals surface area contributed by atoms with Crippen LogP contribution in [0.15, 0.2) is 47.4 Å². The van der Waals surface area contributed by atoms with Gasteiger partial charge in [0.25, 0.3) is 0 Å². The summed E-state index contributed by atoms with van der Waals surface area (Å²) >= 11 is 1.75. The minimum Gasteiger partial charge on any atom is -0.507 e. The molecular formula is C23H26O5S. The molecule has 1 aliphatic rings. The Morgan fingerprint density at radius 3 is 2.48 bits per heavy atom. The minimum atomic E-state index is 0.283. The third-order valence-corrected chi connectivity index (χ3v) is 5.66. The van der Waals surface area contributed by atoms with E-state index >= 15 is 0 Å². The highest BCUT2D eigenvalue weighted by Crippen LogP contribution is 2.43. The van der Waals surface area contributed by atoms with Crippen molar-refractivity contribution in [1.29, 1.82) is 0 Å². The number of thioether (sulfide) groups is 1. The van der Waals surface area contributed by atoms with Gasteiger partial charge >= 0.3 is 0 Å². The van der Waals surface area contributed by atoms with Gasteiger partial charge in [-0.3, -0.25) is 0 Å². The second-order valence-electron chi connectivity index (χ2n) is 6.85. The molecule has 1 heterocycles. The molecule has 0 radical (unpaired) electrons. The molecule has 3 aromatic rings. The third kappa shape index (κ3) is 4.95. The summed E-state index contributed by atoms with van der Waals surface area (Å²) in [7, 11) is 0. The van der Waals surface area contributed by atoms with Crippen molar-refractivity contribution < 1.29 is 24.1 Å². The van der Waals surface area contributed by atoms with Crippen molar-refractivity contribution >= 4 is 33.3 Å². The lowest BCUT2D eigenvalue weighted by atomic mass is 10.0. The van der Waals surface area contributed by atoms with Gasteiger partial charge in [-0.2, -0.15) is 0 Å². The van der Waals surface area contributed by atoms with Crippen LogP contribution in [0.5, 0.6) is 11.5 Å². The predicted molar refractivity (Wildman–Crippen MR) is 116 cm³/mol. The fourth-order valence-corrected chi connectivity index (χ4v) is 4.01. The number of rotatable bonds is 11. The first-order chi connectivity index (χ1) is 14.3. The van der Waals surface area contributed by atoms with Gasteiger partial charge in [-0.05, 0) is 24.0 Å². The maximum atomic E-state index is 10.9. The highest BCUT2D eigenvalue weighted by Gasteiger charge is 2.22. The van der Waals surface area contributed by atoms with E-state index in [4.69, 9.17) is 18.9 Å². The van der Waals surface area contributed by atoms with E-state index in [2.05, 4.69) is 13.0 Å². The van der Waals surface area contributed by atoms with Crippen molar-refractivity contribution in [3.8, 4) is 11.5 Å². The molecule has 1 aliphatic heterocycles. The molecule has 5 nitrogen and oxygen atoms in total. The summed E-state index contributed by atoms with van der Waals surface area (Å²) in [4.78, 5) is 1.14. The lowest BCUT2D eigenvalue weighted by Crippen LogP contribution is -2.12. The summed E-state index contributed by atoms with van der Waals surface area (Å²) in [6.07, 6.45) is 0.283. The summed E-state index contributed by atoms with van der Waals surface area (Å²) in [6, 6.07) is 13.9. The van der Waals surface area contributed by atoms with Crippen molar-refractivity contribution in [3.63, 3.8) is 0 Å². The average molecular weight is 415 g/mol. The van der Waals surface area contributed by atoms with Gasteiger partial charge in [0.05, 0.1) is 33.0 Å². The van der Waals surface area contributed by atoms with E-state index in [1.807, 2.05) is 36.4 Å². The molecular weight excluding hydrogens is 388 g/mol. The Labute approximate surface area is 174 Å². The van der Waals surface area contributed by atoms with Gasteiger partial charge in [-0.15, -0.1) is 11.8 Å². The van der Waals surface area contributed by atoms with E-state index in [0.29, 0.717) is 38.8 Å². The zero-order valence-corrected chi connectivity index (χ0v) is 17.4. The van der Waals surface area contributed by atoms with Gasteiger partial charge in [0, 0.05) is 26.4 Å². The Balaban J connectivity index is 1.46. The van der Waals surface area contributed by atoms with Gasteiger partial charge in [0.15, 0.2) is 0 Å². The van der Waals surface area contributed by atoms with Crippen molar-refractivity contribution in [2.75, 3.05) is 45.4 Å². The van der Waals surface area contributed by atoms with Crippen LogP contribution in [0.25, 0.3) is 21.5 Å². The fourth-order valence-electron chi connectivity index (χ4n) is 3.31. The molecule has 29 heavy (non-hydrogen) atoms. The van der Waals surface area contributed by atoms with Gasteiger partial charge in [-0.1, -0.05) is 31.2 Å². The summed E-state index contributed by atoms with van der Waals surface area (Å²) in [6.45, 7) is 5.57. The maximum Gasteiger partial charge on any atom is 0.135 e. The number of hydrogen-bond acceptors (Lipinski definition) is 6. The molecule has 0 bridgehead atoms. The van der Waals surface area contributed by atoms with E-state index in [9.17, 15) is 5.11 Å². The zero-order chi connectivity index (χ0) is 20.1. The van der Waals surface area contributed by atoms with Gasteiger partial charge in [-0.25, -0.2) is 0 Å². The maximum absolute atomic E-state index is 10.9. The topological polar surface area (TPSA) is 60.5 Å². The smallest absolute Gasteiger partial charge is 0.135 e. The van der Waals surface area contributed by atoms with Crippen LogP contribution in [-0.2, 0) is 14.2 Å². The number of phenolic OH excluding ortho intramolecular Hbond substituents is 1. The Kier molecular flexibility index (Phi) is 6.77. The van der Waals surface area contributed by atoms with Crippen LogP contribution in [0.3, 0.4) is 0 Å². The van der Waals surface area contributed by atoms with E-state index in [0.717, 1.165) is 44.5 Å². The number of phenols is 1. The number of hydrogen-bond donors (Lipinski definition) is 1. The summed E-state index contributed by atoms with van der Waals surface area (Å²) in [5.74, 6) is 2.07. The van der Waals surface area contributed by atoms with Crippen LogP contribution >= 0.6 is 11.8 Å². The summed E-state index contributed by atoms with van der Waals surface area (Å²) < 4.78 is 22.3. The Morgan fingerprint density at radius 1 is 0.966 bits per heavy atom. The third-order valence-electron chi connectivity index (χ3n) is 4.78. The molecule has 1 N–H and O–H groups in total. The number of ether oxygens (including phenoxy) is 4. The van der Waals surface area contributed by atoms with Crippen molar-refractivity contribution in [2.45, 2.75) is 17.9 Å². The molecule has 0 aliphatic carbocycles. The highest BCUT2D eigenvalue weighted by atomic mass is 32.2. The molecule has 154 valence electrons. The van der Waals surface area contributed by atoms with Crippen LogP contribution in [0.2, 0.25) is 0 Å². The second kappa shape index (κ2) is 9.67. The second-order valence-corrected chi connectivity index (χ2v) is 8.19. The molecule has 1 unspecified atom stereocenters. The molecule has 0 saturated carbocycles. The number of fused-ring (bicyclic) bond motifs is 2. The molecule has 0 aromatic heterocycles. The molecule has 0 spiro atoms. The molecule has 1 atom stereocenters. The van der Waals surface area contributed by atoms with Gasteiger partial charge in [0.2, 0.25) is 0 Å². The van der Waals surface area contributed by atoms with Crippen LogP contribution < -0.4 is 4.74 Å². The number of benzene rings is 3. The summed E-state index contributed by atoms with van der Waals surface area (Å²) in [5.41, 5.74) is 0. The van der Waals surface area contributed by atoms with Crippen molar-refractivity contribution in [1.82, 2.24) is 0 Å². The van der Waals surface area contributed by atoms with E-state index < -0.39 is 0 Å². The van der Waals surface area contributed by atoms with Crippen molar-refractivity contribution in [2.24, 2.45) is 0 Å². The molecule has 4 rings (SSSR count). The zero-order valence-electron chi connectivity index (χ0n) is 16.6. The molecule has 1 saturated heterocycles. The van der Waals surface area contributed by atoms with Crippen LogP contribution in [0.1, 0.15) is 6.92 Å². The van der Waals surface area contributed by atoms with E-state index in [1.165, 1.54) is 0 Å². The van der Waals surface area contributed by atoms with Crippen LogP contribution in [0, 0.1) is 0 Å². The SMILES string of the molecule is CCSc1ccc2c(OCCOCCOCC3CO3)c3ccccc3c(O)c2c1. The highest BCUT2D eigenvalue weighted by molar-refractivity contribution is 7.99. The quantitative estimate of drug-likeness (QED) is 0.214. The summed E-state index contributed by atoms with van der Waals surface area (Å²) in [5, 5.41) is 14.3. The first-order valence-corrected chi connectivity index (χ1v) is 11.0. The molecule has 3 aromatic carbocycles. The standard InChI is InChI=1S/C23H26O5S/c1-2-29-17-7-8-20-21(13-17)22(24)18-5-3-4-6-19(18)23(20)27-12-11-25-9-10-26-14-16-15-28-16/h3-8,13,16,24H,2,9-12,14-15H2,1H3. The molecule has 1 fully saturated rings. The minimum absolute atomic E-state index is 0.283. The molecule has 6 heteroatoms. The normalized spacial score (nSPS) is 15.8. The average Bonchev–Trinajstić information content (AvgIpc) is 3.57. The molecule has 0 amide bonds. The fraction of sp³-hybridized carbons (Fsp3) is 0.391. The van der Waals surface area contributed by atoms with Gasteiger partial charge < -0.3 is 24.1 Å². The lowest BCUT2D eigenvalue weighted by molar-refractivity contribution is 0.0320. The first-order valence-electron chi connectivity index (χ1n) is 9.98.